The van der Waals surface area contributed by atoms with Gasteiger partial charge in [0.05, 0.1) is 17.1 Å². The fourth-order valence-corrected chi connectivity index (χ4v) is 3.61. The van der Waals surface area contributed by atoms with Gasteiger partial charge in [0.15, 0.2) is 11.5 Å². The molecule has 1 aliphatic rings. The Hall–Kier alpha value is -3.02. The minimum atomic E-state index is 0.332. The Labute approximate surface area is 151 Å². The standard InChI is InChI=1S/C20H20N6/c1-12-10-21-13(2)19-23-18(24-26(12)19)15-9-16(15)20-22-17(11-25(20)3)14-7-5-4-6-8-14/h4-8,10-11,15-16H,9H2,1-3H3. The smallest absolute Gasteiger partial charge is 0.177 e. The average molecular weight is 344 g/mol. The number of hydrogen-bond donors (Lipinski definition) is 0. The van der Waals surface area contributed by atoms with E-state index >= 15 is 0 Å². The highest BCUT2D eigenvalue weighted by Gasteiger charge is 2.45. The molecular weight excluding hydrogens is 324 g/mol. The maximum atomic E-state index is 4.90. The van der Waals surface area contributed by atoms with Gasteiger partial charge in [0.2, 0.25) is 0 Å². The predicted octanol–water partition coefficient (Wildman–Crippen LogP) is 3.41. The summed E-state index contributed by atoms with van der Waals surface area (Å²) >= 11 is 0. The van der Waals surface area contributed by atoms with Crippen molar-refractivity contribution in [3.8, 4) is 11.3 Å². The quantitative estimate of drug-likeness (QED) is 0.571. The molecule has 4 aromatic rings. The maximum absolute atomic E-state index is 4.90. The van der Waals surface area contributed by atoms with E-state index in [2.05, 4.69) is 34.9 Å². The highest BCUT2D eigenvalue weighted by atomic mass is 15.3. The molecular formula is C20H20N6. The summed E-state index contributed by atoms with van der Waals surface area (Å²) in [6.07, 6.45) is 4.99. The fourth-order valence-electron chi connectivity index (χ4n) is 3.61. The van der Waals surface area contributed by atoms with E-state index in [1.807, 2.05) is 42.8 Å². The van der Waals surface area contributed by atoms with Crippen molar-refractivity contribution in [3.63, 3.8) is 0 Å². The van der Waals surface area contributed by atoms with Crippen LogP contribution in [0.25, 0.3) is 16.9 Å². The van der Waals surface area contributed by atoms with Gasteiger partial charge in [0, 0.05) is 36.8 Å². The third-order valence-electron chi connectivity index (χ3n) is 5.16. The van der Waals surface area contributed by atoms with Gasteiger partial charge in [-0.1, -0.05) is 30.3 Å². The molecule has 1 fully saturated rings. The number of aryl methyl sites for hydroxylation is 3. The molecule has 2 unspecified atom stereocenters. The Morgan fingerprint density at radius 2 is 1.85 bits per heavy atom. The Morgan fingerprint density at radius 1 is 1.04 bits per heavy atom. The summed E-state index contributed by atoms with van der Waals surface area (Å²) in [5.74, 6) is 2.72. The van der Waals surface area contributed by atoms with Crippen LogP contribution in [0.5, 0.6) is 0 Å². The van der Waals surface area contributed by atoms with Crippen molar-refractivity contribution in [1.82, 2.24) is 29.1 Å². The van der Waals surface area contributed by atoms with Gasteiger partial charge < -0.3 is 4.57 Å². The first-order chi connectivity index (χ1) is 12.6. The second-order valence-electron chi connectivity index (χ2n) is 7.10. The molecule has 0 spiro atoms. The van der Waals surface area contributed by atoms with E-state index in [0.717, 1.165) is 46.4 Å². The lowest BCUT2D eigenvalue weighted by molar-refractivity contribution is 0.768. The van der Waals surface area contributed by atoms with Crippen molar-refractivity contribution in [3.05, 3.63) is 65.8 Å². The molecule has 0 saturated heterocycles. The summed E-state index contributed by atoms with van der Waals surface area (Å²) in [7, 11) is 2.07. The third kappa shape index (κ3) is 2.33. The zero-order valence-corrected chi connectivity index (χ0v) is 15.1. The van der Waals surface area contributed by atoms with Gasteiger partial charge in [0.1, 0.15) is 5.82 Å². The molecule has 0 amide bonds. The van der Waals surface area contributed by atoms with Crippen LogP contribution in [0.15, 0.2) is 42.7 Å². The summed E-state index contributed by atoms with van der Waals surface area (Å²) in [5.41, 5.74) is 4.94. The number of fused-ring (bicyclic) bond motifs is 1. The monoisotopic (exact) mass is 344 g/mol. The topological polar surface area (TPSA) is 60.9 Å². The zero-order chi connectivity index (χ0) is 17.8. The molecule has 0 N–H and O–H groups in total. The van der Waals surface area contributed by atoms with Crippen molar-refractivity contribution in [2.24, 2.45) is 7.05 Å². The van der Waals surface area contributed by atoms with Gasteiger partial charge in [-0.05, 0) is 20.3 Å². The maximum Gasteiger partial charge on any atom is 0.177 e. The van der Waals surface area contributed by atoms with Crippen LogP contribution in [-0.2, 0) is 7.05 Å². The van der Waals surface area contributed by atoms with Crippen LogP contribution >= 0.6 is 0 Å². The van der Waals surface area contributed by atoms with E-state index in [-0.39, 0.29) is 0 Å². The van der Waals surface area contributed by atoms with Crippen LogP contribution in [0.1, 0.15) is 41.3 Å². The fraction of sp³-hybridized carbons (Fsp3) is 0.300. The van der Waals surface area contributed by atoms with E-state index in [1.54, 1.807) is 0 Å². The number of aromatic nitrogens is 6. The minimum absolute atomic E-state index is 0.332. The lowest BCUT2D eigenvalue weighted by atomic mass is 10.2. The van der Waals surface area contributed by atoms with Crippen molar-refractivity contribution >= 4 is 5.65 Å². The molecule has 0 bridgehead atoms. The van der Waals surface area contributed by atoms with E-state index in [9.17, 15) is 0 Å². The first kappa shape index (κ1) is 15.3. The van der Waals surface area contributed by atoms with Gasteiger partial charge in [-0.2, -0.15) is 5.10 Å². The van der Waals surface area contributed by atoms with Gasteiger partial charge in [-0.15, -0.1) is 0 Å². The summed E-state index contributed by atoms with van der Waals surface area (Å²) in [6.45, 7) is 3.98. The molecule has 0 aliphatic heterocycles. The van der Waals surface area contributed by atoms with E-state index in [0.29, 0.717) is 11.8 Å². The molecule has 0 radical (unpaired) electrons. The minimum Gasteiger partial charge on any atom is -0.337 e. The third-order valence-corrected chi connectivity index (χ3v) is 5.16. The molecule has 5 rings (SSSR count). The van der Waals surface area contributed by atoms with Crippen LogP contribution in [-0.4, -0.2) is 29.1 Å². The Balaban J connectivity index is 1.47. The number of rotatable bonds is 3. The van der Waals surface area contributed by atoms with E-state index < -0.39 is 0 Å². The van der Waals surface area contributed by atoms with Crippen LogP contribution in [0.4, 0.5) is 0 Å². The largest absolute Gasteiger partial charge is 0.337 e. The van der Waals surface area contributed by atoms with Crippen LogP contribution in [0, 0.1) is 13.8 Å². The molecule has 2 atom stereocenters. The van der Waals surface area contributed by atoms with Crippen LogP contribution < -0.4 is 0 Å². The SMILES string of the molecule is Cc1ncc(C)n2nc(C3CC3c3nc(-c4ccccc4)cn3C)nc12. The van der Waals surface area contributed by atoms with Gasteiger partial charge >= 0.3 is 0 Å². The lowest BCUT2D eigenvalue weighted by Crippen LogP contribution is -1.98. The highest BCUT2D eigenvalue weighted by molar-refractivity contribution is 5.58. The van der Waals surface area contributed by atoms with Crippen molar-refractivity contribution in [1.29, 1.82) is 0 Å². The highest BCUT2D eigenvalue weighted by Crippen LogP contribution is 2.53. The summed E-state index contributed by atoms with van der Waals surface area (Å²) in [6, 6.07) is 10.3. The second kappa shape index (κ2) is 5.49. The number of nitrogens with zero attached hydrogens (tertiary/aromatic N) is 6. The first-order valence-electron chi connectivity index (χ1n) is 8.89. The summed E-state index contributed by atoms with van der Waals surface area (Å²) in [4.78, 5) is 14.0. The number of hydrogen-bond acceptors (Lipinski definition) is 4. The molecule has 130 valence electrons. The Kier molecular flexibility index (Phi) is 3.22. The normalized spacial score (nSPS) is 19.2. The molecule has 3 heterocycles. The van der Waals surface area contributed by atoms with Gasteiger partial charge in [0.25, 0.3) is 0 Å². The summed E-state index contributed by atoms with van der Waals surface area (Å²) < 4.78 is 4.04. The average Bonchev–Trinajstić information content (AvgIpc) is 3.13. The number of benzene rings is 1. The zero-order valence-electron chi connectivity index (χ0n) is 15.1. The summed E-state index contributed by atoms with van der Waals surface area (Å²) in [5, 5.41) is 4.73. The molecule has 6 nitrogen and oxygen atoms in total. The van der Waals surface area contributed by atoms with E-state index in [4.69, 9.17) is 15.1 Å². The predicted molar refractivity (Wildman–Crippen MR) is 99.0 cm³/mol. The molecule has 3 aromatic heterocycles. The molecule has 1 aliphatic carbocycles. The van der Waals surface area contributed by atoms with Gasteiger partial charge in [-0.25, -0.2) is 14.5 Å². The molecule has 6 heteroatoms. The van der Waals surface area contributed by atoms with Crippen molar-refractivity contribution < 1.29 is 0 Å². The van der Waals surface area contributed by atoms with Crippen molar-refractivity contribution in [2.45, 2.75) is 32.1 Å². The number of imidazole rings is 1. The Bertz CT molecular complexity index is 1070. The van der Waals surface area contributed by atoms with E-state index in [1.165, 1.54) is 0 Å². The lowest BCUT2D eigenvalue weighted by Gasteiger charge is -1.98. The van der Waals surface area contributed by atoms with Gasteiger partial charge in [-0.3, -0.25) is 4.98 Å². The molecule has 1 saturated carbocycles. The van der Waals surface area contributed by atoms with Crippen LogP contribution in [0.2, 0.25) is 0 Å². The van der Waals surface area contributed by atoms with Crippen LogP contribution in [0.3, 0.4) is 0 Å². The molecule has 26 heavy (non-hydrogen) atoms. The second-order valence-corrected chi connectivity index (χ2v) is 7.10. The first-order valence-corrected chi connectivity index (χ1v) is 8.89. The van der Waals surface area contributed by atoms with Crippen molar-refractivity contribution in [2.75, 3.05) is 0 Å². The Morgan fingerprint density at radius 3 is 2.62 bits per heavy atom. The molecule has 1 aromatic carbocycles.